The van der Waals surface area contributed by atoms with Crippen molar-refractivity contribution >= 4 is 21.7 Å². The van der Waals surface area contributed by atoms with Gasteiger partial charge < -0.3 is 5.32 Å². The molecule has 0 atom stereocenters. The highest BCUT2D eigenvalue weighted by molar-refractivity contribution is 9.10. The zero-order valence-electron chi connectivity index (χ0n) is 13.1. The zero-order valence-corrected chi connectivity index (χ0v) is 14.7. The minimum atomic E-state index is 0.160. The van der Waals surface area contributed by atoms with Gasteiger partial charge in [0.25, 0.3) is 0 Å². The van der Waals surface area contributed by atoms with Crippen LogP contribution in [0.5, 0.6) is 0 Å². The van der Waals surface area contributed by atoms with Crippen LogP contribution in [-0.2, 0) is 5.41 Å². The Balaban J connectivity index is 2.29. The maximum Gasteiger partial charge on any atom is 0.161 e. The van der Waals surface area contributed by atoms with Gasteiger partial charge in [-0.05, 0) is 33.3 Å². The highest BCUT2D eigenvalue weighted by atomic mass is 79.9. The molecule has 3 nitrogen and oxygen atoms in total. The normalized spacial score (nSPS) is 11.5. The van der Waals surface area contributed by atoms with Gasteiger partial charge in [-0.2, -0.15) is 0 Å². The molecule has 1 N–H and O–H groups in total. The summed E-state index contributed by atoms with van der Waals surface area (Å²) in [4.78, 5) is 9.01. The van der Waals surface area contributed by atoms with Crippen LogP contribution < -0.4 is 5.32 Å². The molecule has 21 heavy (non-hydrogen) atoms. The molecule has 0 aliphatic rings. The molecule has 0 radical (unpaired) electrons. The second-order valence-corrected chi connectivity index (χ2v) is 7.00. The van der Waals surface area contributed by atoms with Crippen LogP contribution in [0.2, 0.25) is 0 Å². The molecule has 2 rings (SSSR count). The lowest BCUT2D eigenvalue weighted by Gasteiger charge is -2.19. The third kappa shape index (κ3) is 4.03. The predicted octanol–water partition coefficient (Wildman–Crippen LogP) is 5.03. The van der Waals surface area contributed by atoms with Crippen LogP contribution in [0.3, 0.4) is 0 Å². The summed E-state index contributed by atoms with van der Waals surface area (Å²) in [6.45, 7) is 9.67. The molecule has 0 bridgehead atoms. The first-order chi connectivity index (χ1) is 9.91. The number of rotatable bonds is 4. The average Bonchev–Trinajstić information content (AvgIpc) is 2.46. The number of anilines is 1. The van der Waals surface area contributed by atoms with Gasteiger partial charge >= 0.3 is 0 Å². The molecule has 0 aliphatic heterocycles. The van der Waals surface area contributed by atoms with Gasteiger partial charge in [0.2, 0.25) is 0 Å². The number of halogens is 1. The first kappa shape index (κ1) is 16.0. The monoisotopic (exact) mass is 347 g/mol. The SMILES string of the molecule is CCCNc1nc(-c2ccc(C(C)(C)C)cc2)ncc1Br. The minimum absolute atomic E-state index is 0.160. The van der Waals surface area contributed by atoms with Crippen molar-refractivity contribution in [1.29, 1.82) is 0 Å². The molecule has 0 amide bonds. The highest BCUT2D eigenvalue weighted by Crippen LogP contribution is 2.26. The van der Waals surface area contributed by atoms with Crippen molar-refractivity contribution in [3.63, 3.8) is 0 Å². The van der Waals surface area contributed by atoms with Gasteiger partial charge in [-0.15, -0.1) is 0 Å². The maximum absolute atomic E-state index is 4.60. The summed E-state index contributed by atoms with van der Waals surface area (Å²) < 4.78 is 0.894. The Morgan fingerprint density at radius 1 is 1.14 bits per heavy atom. The lowest BCUT2D eigenvalue weighted by molar-refractivity contribution is 0.590. The fraction of sp³-hybridized carbons (Fsp3) is 0.412. The Morgan fingerprint density at radius 2 is 1.81 bits per heavy atom. The second kappa shape index (κ2) is 6.56. The van der Waals surface area contributed by atoms with E-state index in [2.05, 4.69) is 83.2 Å². The van der Waals surface area contributed by atoms with Crippen LogP contribution in [0.1, 0.15) is 39.7 Å². The summed E-state index contributed by atoms with van der Waals surface area (Å²) in [5, 5.41) is 3.31. The van der Waals surface area contributed by atoms with E-state index in [1.807, 2.05) is 0 Å². The van der Waals surface area contributed by atoms with E-state index in [4.69, 9.17) is 0 Å². The van der Waals surface area contributed by atoms with Gasteiger partial charge in [-0.3, -0.25) is 0 Å². The maximum atomic E-state index is 4.60. The van der Waals surface area contributed by atoms with Gasteiger partial charge in [-0.1, -0.05) is 52.0 Å². The smallest absolute Gasteiger partial charge is 0.161 e. The Morgan fingerprint density at radius 3 is 2.38 bits per heavy atom. The van der Waals surface area contributed by atoms with Crippen molar-refractivity contribution < 1.29 is 0 Å². The van der Waals surface area contributed by atoms with Gasteiger partial charge in [0.15, 0.2) is 5.82 Å². The van der Waals surface area contributed by atoms with Crippen LogP contribution in [0.15, 0.2) is 34.9 Å². The lowest BCUT2D eigenvalue weighted by atomic mass is 9.87. The molecule has 1 aromatic heterocycles. The summed E-state index contributed by atoms with van der Waals surface area (Å²) >= 11 is 3.48. The van der Waals surface area contributed by atoms with Crippen molar-refractivity contribution in [2.24, 2.45) is 0 Å². The summed E-state index contributed by atoms with van der Waals surface area (Å²) in [5.74, 6) is 1.60. The largest absolute Gasteiger partial charge is 0.369 e. The average molecular weight is 348 g/mol. The quantitative estimate of drug-likeness (QED) is 0.842. The first-order valence-corrected chi connectivity index (χ1v) is 8.08. The van der Waals surface area contributed by atoms with E-state index in [9.17, 15) is 0 Å². The van der Waals surface area contributed by atoms with Crippen molar-refractivity contribution in [3.8, 4) is 11.4 Å². The zero-order chi connectivity index (χ0) is 15.5. The molecular formula is C17H22BrN3. The standard InChI is InChI=1S/C17H22BrN3/c1-5-10-19-16-14(18)11-20-15(21-16)12-6-8-13(9-7-12)17(2,3)4/h6-9,11H,5,10H2,1-4H3,(H,19,20,21). The third-order valence-electron chi connectivity index (χ3n) is 3.30. The number of aromatic nitrogens is 2. The van der Waals surface area contributed by atoms with E-state index in [0.717, 1.165) is 34.6 Å². The third-order valence-corrected chi connectivity index (χ3v) is 3.88. The number of hydrogen-bond acceptors (Lipinski definition) is 3. The predicted molar refractivity (Wildman–Crippen MR) is 92.6 cm³/mol. The molecule has 2 aromatic rings. The molecular weight excluding hydrogens is 326 g/mol. The van der Waals surface area contributed by atoms with Gasteiger partial charge in [0.1, 0.15) is 5.82 Å². The van der Waals surface area contributed by atoms with Crippen LogP contribution >= 0.6 is 15.9 Å². The summed E-state index contributed by atoms with van der Waals surface area (Å²) in [6.07, 6.45) is 2.87. The fourth-order valence-corrected chi connectivity index (χ4v) is 2.32. The van der Waals surface area contributed by atoms with Crippen LogP contribution in [0, 0.1) is 0 Å². The summed E-state index contributed by atoms with van der Waals surface area (Å²) in [7, 11) is 0. The number of benzene rings is 1. The van der Waals surface area contributed by atoms with Crippen molar-refractivity contribution in [2.45, 2.75) is 39.5 Å². The Hall–Kier alpha value is -1.42. The van der Waals surface area contributed by atoms with Gasteiger partial charge in [0.05, 0.1) is 4.47 Å². The van der Waals surface area contributed by atoms with E-state index in [-0.39, 0.29) is 5.41 Å². The van der Waals surface area contributed by atoms with E-state index in [0.29, 0.717) is 0 Å². The van der Waals surface area contributed by atoms with Crippen LogP contribution in [0.25, 0.3) is 11.4 Å². The Labute approximate surface area is 135 Å². The van der Waals surface area contributed by atoms with Gasteiger partial charge in [-0.25, -0.2) is 9.97 Å². The Bertz CT molecular complexity index is 600. The molecule has 0 saturated carbocycles. The number of nitrogens with zero attached hydrogens (tertiary/aromatic N) is 2. The van der Waals surface area contributed by atoms with Crippen molar-refractivity contribution in [2.75, 3.05) is 11.9 Å². The number of nitrogens with one attached hydrogen (secondary N) is 1. The molecule has 1 aromatic carbocycles. The highest BCUT2D eigenvalue weighted by Gasteiger charge is 2.14. The number of hydrogen-bond donors (Lipinski definition) is 1. The van der Waals surface area contributed by atoms with E-state index < -0.39 is 0 Å². The molecule has 0 spiro atoms. The van der Waals surface area contributed by atoms with Crippen LogP contribution in [0.4, 0.5) is 5.82 Å². The minimum Gasteiger partial charge on any atom is -0.369 e. The molecule has 0 fully saturated rings. The van der Waals surface area contributed by atoms with Crippen molar-refractivity contribution in [3.05, 3.63) is 40.5 Å². The van der Waals surface area contributed by atoms with E-state index in [1.165, 1.54) is 5.56 Å². The van der Waals surface area contributed by atoms with Gasteiger partial charge in [0, 0.05) is 18.3 Å². The van der Waals surface area contributed by atoms with Crippen molar-refractivity contribution in [1.82, 2.24) is 9.97 Å². The van der Waals surface area contributed by atoms with Crippen LogP contribution in [-0.4, -0.2) is 16.5 Å². The second-order valence-electron chi connectivity index (χ2n) is 6.14. The fourth-order valence-electron chi connectivity index (χ4n) is 1.99. The first-order valence-electron chi connectivity index (χ1n) is 7.29. The molecule has 4 heteroatoms. The lowest BCUT2D eigenvalue weighted by Crippen LogP contribution is -2.10. The van der Waals surface area contributed by atoms with E-state index in [1.54, 1.807) is 6.20 Å². The summed E-state index contributed by atoms with van der Waals surface area (Å²) in [5.41, 5.74) is 2.51. The Kier molecular flexibility index (Phi) is 4.99. The topological polar surface area (TPSA) is 37.8 Å². The molecule has 1 heterocycles. The molecule has 0 unspecified atom stereocenters. The molecule has 0 aliphatic carbocycles. The molecule has 112 valence electrons. The summed E-state index contributed by atoms with van der Waals surface area (Å²) in [6, 6.07) is 8.49. The molecule has 0 saturated heterocycles. The van der Waals surface area contributed by atoms with E-state index >= 15 is 0 Å².